The quantitative estimate of drug-likeness (QED) is 0.632. The Bertz CT molecular complexity index is 314. The molecule has 0 fully saturated rings. The van der Waals surface area contributed by atoms with Gasteiger partial charge in [-0.3, -0.25) is 0 Å². The molecule has 0 bridgehead atoms. The Kier molecular flexibility index (Phi) is 3.47. The van der Waals surface area contributed by atoms with Gasteiger partial charge >= 0.3 is 0 Å². The molecule has 2 heterocycles. The number of aromatic nitrogens is 1. The summed E-state index contributed by atoms with van der Waals surface area (Å²) in [6.45, 7) is 2.46. The van der Waals surface area contributed by atoms with E-state index in [0.717, 1.165) is 0 Å². The van der Waals surface area contributed by atoms with Gasteiger partial charge in [-0.25, -0.2) is 0 Å². The summed E-state index contributed by atoms with van der Waals surface area (Å²) < 4.78 is 2.30. The summed E-state index contributed by atoms with van der Waals surface area (Å²) in [7, 11) is 4.41. The van der Waals surface area contributed by atoms with Crippen LogP contribution in [0, 0.1) is 0 Å². The predicted molar refractivity (Wildman–Crippen MR) is 64.2 cm³/mol. The molecule has 0 radical (unpaired) electrons. The van der Waals surface area contributed by atoms with Crippen LogP contribution in [0.3, 0.4) is 0 Å². The molecular weight excluding hydrogens is 184 g/mol. The van der Waals surface area contributed by atoms with Crippen LogP contribution in [0.4, 0.5) is 0 Å². The fraction of sp³-hybridized carbons (Fsp3) is 0.692. The molecule has 0 aromatic carbocycles. The molecule has 2 rings (SSSR count). The van der Waals surface area contributed by atoms with Gasteiger partial charge in [0.1, 0.15) is 0 Å². The lowest BCUT2D eigenvalue weighted by Crippen LogP contribution is -2.24. The second kappa shape index (κ2) is 4.84. The summed E-state index contributed by atoms with van der Waals surface area (Å²) in [5.74, 6) is 0. The van der Waals surface area contributed by atoms with Crippen molar-refractivity contribution in [2.24, 2.45) is 7.05 Å². The minimum atomic E-state index is 1.20. The Balaban J connectivity index is 2.13. The lowest BCUT2D eigenvalue weighted by atomic mass is 10.0. The molecule has 1 aromatic heterocycles. The minimum absolute atomic E-state index is 1.20. The van der Waals surface area contributed by atoms with Crippen LogP contribution in [0.25, 0.3) is 0 Å². The Morgan fingerprint density at radius 2 is 1.87 bits per heavy atom. The van der Waals surface area contributed by atoms with Crippen molar-refractivity contribution in [3.05, 3.63) is 23.5 Å². The standard InChI is InChI=1S/C13H22N2/c1-14-9-5-3-4-6-12-7-11-15(2)13(12)8-10-14/h7,11H,3-6,8-10H2,1-2H3. The van der Waals surface area contributed by atoms with E-state index in [9.17, 15) is 0 Å². The zero-order valence-corrected chi connectivity index (χ0v) is 10.00. The first-order valence-electron chi connectivity index (χ1n) is 6.09. The van der Waals surface area contributed by atoms with Crippen LogP contribution in [-0.2, 0) is 19.9 Å². The molecule has 0 unspecified atom stereocenters. The van der Waals surface area contributed by atoms with Gasteiger partial charge in [0.05, 0.1) is 0 Å². The van der Waals surface area contributed by atoms with Gasteiger partial charge in [0.2, 0.25) is 0 Å². The lowest BCUT2D eigenvalue weighted by molar-refractivity contribution is 0.323. The smallest absolute Gasteiger partial charge is 0.0216 e. The maximum atomic E-state index is 2.46. The predicted octanol–water partition coefficient (Wildman–Crippen LogP) is 2.23. The van der Waals surface area contributed by atoms with Gasteiger partial charge in [-0.05, 0) is 44.5 Å². The SMILES string of the molecule is CN1CCCCCc2ccn(C)c2CC1. The minimum Gasteiger partial charge on any atom is -0.354 e. The molecule has 2 nitrogen and oxygen atoms in total. The van der Waals surface area contributed by atoms with Gasteiger partial charge in [0.15, 0.2) is 0 Å². The Morgan fingerprint density at radius 3 is 2.73 bits per heavy atom. The second-order valence-corrected chi connectivity index (χ2v) is 4.76. The van der Waals surface area contributed by atoms with Crippen molar-refractivity contribution in [3.63, 3.8) is 0 Å². The summed E-state index contributed by atoms with van der Waals surface area (Å²) in [4.78, 5) is 2.46. The number of likely N-dealkylation sites (N-methyl/N-ethyl adjacent to an activating group) is 1. The van der Waals surface area contributed by atoms with Gasteiger partial charge in [-0.15, -0.1) is 0 Å². The number of rotatable bonds is 0. The number of aryl methyl sites for hydroxylation is 2. The Labute approximate surface area is 92.9 Å². The van der Waals surface area contributed by atoms with Crippen molar-refractivity contribution < 1.29 is 0 Å². The molecule has 0 N–H and O–H groups in total. The summed E-state index contributed by atoms with van der Waals surface area (Å²) in [6, 6.07) is 2.30. The van der Waals surface area contributed by atoms with Gasteiger partial charge in [0, 0.05) is 31.9 Å². The maximum Gasteiger partial charge on any atom is 0.0216 e. The Morgan fingerprint density at radius 1 is 1.00 bits per heavy atom. The van der Waals surface area contributed by atoms with Gasteiger partial charge < -0.3 is 9.47 Å². The summed E-state index contributed by atoms with van der Waals surface area (Å²) >= 11 is 0. The van der Waals surface area contributed by atoms with Crippen molar-refractivity contribution in [2.45, 2.75) is 32.1 Å². The van der Waals surface area contributed by atoms with Crippen molar-refractivity contribution in [2.75, 3.05) is 20.1 Å². The molecule has 0 atom stereocenters. The van der Waals surface area contributed by atoms with Crippen LogP contribution < -0.4 is 0 Å². The third-order valence-corrected chi connectivity index (χ3v) is 3.51. The van der Waals surface area contributed by atoms with E-state index in [2.05, 4.69) is 35.8 Å². The van der Waals surface area contributed by atoms with E-state index < -0.39 is 0 Å². The first-order chi connectivity index (χ1) is 7.27. The monoisotopic (exact) mass is 206 g/mol. The third-order valence-electron chi connectivity index (χ3n) is 3.51. The van der Waals surface area contributed by atoms with Crippen LogP contribution in [0.1, 0.15) is 30.5 Å². The zero-order chi connectivity index (χ0) is 10.7. The van der Waals surface area contributed by atoms with Crippen molar-refractivity contribution >= 4 is 0 Å². The van der Waals surface area contributed by atoms with Crippen LogP contribution >= 0.6 is 0 Å². The summed E-state index contributed by atoms with van der Waals surface area (Å²) in [5, 5.41) is 0. The highest BCUT2D eigenvalue weighted by Crippen LogP contribution is 2.16. The molecule has 15 heavy (non-hydrogen) atoms. The average Bonchev–Trinajstić information content (AvgIpc) is 2.57. The molecule has 0 saturated heterocycles. The maximum absolute atomic E-state index is 2.46. The van der Waals surface area contributed by atoms with Gasteiger partial charge in [-0.2, -0.15) is 0 Å². The van der Waals surface area contributed by atoms with E-state index in [1.807, 2.05) is 0 Å². The van der Waals surface area contributed by atoms with E-state index in [4.69, 9.17) is 0 Å². The molecule has 84 valence electrons. The normalized spacial score (nSPS) is 19.9. The topological polar surface area (TPSA) is 8.17 Å². The molecule has 0 aliphatic carbocycles. The summed E-state index contributed by atoms with van der Waals surface area (Å²) in [6.07, 6.45) is 8.78. The molecule has 0 spiro atoms. The molecule has 0 amide bonds. The Hall–Kier alpha value is -0.760. The highest BCUT2D eigenvalue weighted by Gasteiger charge is 2.10. The molecule has 1 aliphatic heterocycles. The van der Waals surface area contributed by atoms with E-state index in [-0.39, 0.29) is 0 Å². The fourth-order valence-electron chi connectivity index (χ4n) is 2.46. The van der Waals surface area contributed by atoms with Crippen LogP contribution in [0.15, 0.2) is 12.3 Å². The number of hydrogen-bond donors (Lipinski definition) is 0. The second-order valence-electron chi connectivity index (χ2n) is 4.76. The van der Waals surface area contributed by atoms with E-state index in [1.165, 1.54) is 45.2 Å². The van der Waals surface area contributed by atoms with E-state index in [0.29, 0.717) is 0 Å². The zero-order valence-electron chi connectivity index (χ0n) is 10.00. The number of fused-ring (bicyclic) bond motifs is 1. The summed E-state index contributed by atoms with van der Waals surface area (Å²) in [5.41, 5.74) is 3.12. The first kappa shape index (κ1) is 10.7. The molecule has 1 aromatic rings. The van der Waals surface area contributed by atoms with Crippen molar-refractivity contribution in [3.8, 4) is 0 Å². The number of nitrogens with zero attached hydrogens (tertiary/aromatic N) is 2. The van der Waals surface area contributed by atoms with Crippen LogP contribution in [0.5, 0.6) is 0 Å². The molecule has 1 aliphatic rings. The first-order valence-corrected chi connectivity index (χ1v) is 6.09. The highest BCUT2D eigenvalue weighted by atomic mass is 15.1. The van der Waals surface area contributed by atoms with E-state index >= 15 is 0 Å². The van der Waals surface area contributed by atoms with E-state index in [1.54, 1.807) is 11.3 Å². The largest absolute Gasteiger partial charge is 0.354 e. The number of hydrogen-bond acceptors (Lipinski definition) is 1. The van der Waals surface area contributed by atoms with Crippen molar-refractivity contribution in [1.29, 1.82) is 0 Å². The molecular formula is C13H22N2. The molecule has 2 heteroatoms. The van der Waals surface area contributed by atoms with Gasteiger partial charge in [0.25, 0.3) is 0 Å². The van der Waals surface area contributed by atoms with Crippen LogP contribution in [-0.4, -0.2) is 29.6 Å². The van der Waals surface area contributed by atoms with Crippen LogP contribution in [0.2, 0.25) is 0 Å². The average molecular weight is 206 g/mol. The highest BCUT2D eigenvalue weighted by molar-refractivity contribution is 5.23. The van der Waals surface area contributed by atoms with Crippen molar-refractivity contribution in [1.82, 2.24) is 9.47 Å². The molecule has 0 saturated carbocycles. The third kappa shape index (κ3) is 2.63. The fourth-order valence-corrected chi connectivity index (χ4v) is 2.46. The lowest BCUT2D eigenvalue weighted by Gasteiger charge is -2.19. The van der Waals surface area contributed by atoms with Gasteiger partial charge in [-0.1, -0.05) is 6.42 Å².